The minimum Gasteiger partial charge on any atom is -0.300 e. The van der Waals surface area contributed by atoms with Crippen molar-refractivity contribution in [3.05, 3.63) is 61.9 Å². The molecular formula is C22H23N5O2S. The number of amides is 1. The van der Waals surface area contributed by atoms with Gasteiger partial charge in [0.05, 0.1) is 11.4 Å². The smallest absolute Gasteiger partial charge is 0.285 e. The Morgan fingerprint density at radius 3 is 2.63 bits per heavy atom. The van der Waals surface area contributed by atoms with Crippen LogP contribution in [0.15, 0.2) is 28.4 Å². The third-order valence-corrected chi connectivity index (χ3v) is 5.74. The number of thiazole rings is 1. The molecule has 0 aliphatic carbocycles. The average Bonchev–Trinajstić information content (AvgIpc) is 3.19. The first-order valence-electron chi connectivity index (χ1n) is 9.73. The summed E-state index contributed by atoms with van der Waals surface area (Å²) in [5.41, 5.74) is 4.97. The molecule has 2 heterocycles. The molecule has 3 rings (SSSR count). The van der Waals surface area contributed by atoms with Crippen LogP contribution in [0.5, 0.6) is 0 Å². The molecule has 0 saturated heterocycles. The molecule has 1 aromatic carbocycles. The highest BCUT2D eigenvalue weighted by atomic mass is 32.1. The molecule has 0 fully saturated rings. The Balaban J connectivity index is 1.80. The molecule has 2 aromatic heterocycles. The van der Waals surface area contributed by atoms with Crippen LogP contribution in [0, 0.1) is 25.2 Å². The molecule has 154 valence electrons. The van der Waals surface area contributed by atoms with Gasteiger partial charge in [0.2, 0.25) is 5.91 Å². The molecule has 0 atom stereocenters. The van der Waals surface area contributed by atoms with Crippen molar-refractivity contribution < 1.29 is 4.79 Å². The normalized spacial score (nSPS) is 10.6. The molecule has 0 radical (unpaired) electrons. The van der Waals surface area contributed by atoms with Gasteiger partial charge in [0.25, 0.3) is 5.56 Å². The molecule has 7 nitrogen and oxygen atoms in total. The second kappa shape index (κ2) is 9.01. The first-order chi connectivity index (χ1) is 14.4. The van der Waals surface area contributed by atoms with Crippen molar-refractivity contribution in [2.24, 2.45) is 0 Å². The zero-order valence-electron chi connectivity index (χ0n) is 17.4. The lowest BCUT2D eigenvalue weighted by atomic mass is 10.0. The summed E-state index contributed by atoms with van der Waals surface area (Å²) in [5.74, 6) is -0.416. The molecule has 3 aromatic rings. The SMILES string of the molecule is CCc1nn(CC(=O)Nc2nc(-c3ccc(C)c(C)c3)cs2)c(=O)c(C#N)c1CC. The van der Waals surface area contributed by atoms with E-state index < -0.39 is 11.5 Å². The summed E-state index contributed by atoms with van der Waals surface area (Å²) in [4.78, 5) is 29.6. The Morgan fingerprint density at radius 2 is 2.00 bits per heavy atom. The average molecular weight is 422 g/mol. The van der Waals surface area contributed by atoms with Crippen molar-refractivity contribution in [1.29, 1.82) is 5.26 Å². The van der Waals surface area contributed by atoms with Gasteiger partial charge in [0.15, 0.2) is 5.13 Å². The van der Waals surface area contributed by atoms with Gasteiger partial charge >= 0.3 is 0 Å². The number of aryl methyl sites for hydroxylation is 3. The van der Waals surface area contributed by atoms with E-state index in [2.05, 4.69) is 28.4 Å². The summed E-state index contributed by atoms with van der Waals surface area (Å²) in [6.07, 6.45) is 1.12. The molecule has 0 aliphatic heterocycles. The Kier molecular flexibility index (Phi) is 6.43. The Morgan fingerprint density at radius 1 is 1.23 bits per heavy atom. The summed E-state index contributed by atoms with van der Waals surface area (Å²) in [5, 5.41) is 18.7. The van der Waals surface area contributed by atoms with Crippen LogP contribution in [-0.4, -0.2) is 20.7 Å². The topological polar surface area (TPSA) is 101 Å². The lowest BCUT2D eigenvalue weighted by Crippen LogP contribution is -2.33. The maximum atomic E-state index is 12.6. The molecule has 1 N–H and O–H groups in total. The maximum absolute atomic E-state index is 12.6. The number of hydrogen-bond donors (Lipinski definition) is 1. The molecule has 0 saturated carbocycles. The molecule has 0 bridgehead atoms. The van der Waals surface area contributed by atoms with Crippen LogP contribution >= 0.6 is 11.3 Å². The fraction of sp³-hybridized carbons (Fsp3) is 0.318. The first-order valence-corrected chi connectivity index (χ1v) is 10.6. The second-order valence-electron chi connectivity index (χ2n) is 6.97. The van der Waals surface area contributed by atoms with Crippen molar-refractivity contribution in [2.45, 2.75) is 47.1 Å². The van der Waals surface area contributed by atoms with E-state index >= 15 is 0 Å². The zero-order chi connectivity index (χ0) is 21.8. The van der Waals surface area contributed by atoms with Gasteiger partial charge in [-0.25, -0.2) is 9.67 Å². The van der Waals surface area contributed by atoms with Gasteiger partial charge in [-0.1, -0.05) is 26.0 Å². The summed E-state index contributed by atoms with van der Waals surface area (Å²) >= 11 is 1.32. The van der Waals surface area contributed by atoms with E-state index in [0.717, 1.165) is 15.9 Å². The standard InChI is InChI=1S/C22H23N5O2S/c1-5-16-17(10-23)21(29)27(26-18(16)6-2)11-20(28)25-22-24-19(12-30-22)15-8-7-13(3)14(4)9-15/h7-9,12H,5-6,11H2,1-4H3,(H,24,25,28). The number of nitrogens with zero attached hydrogens (tertiary/aromatic N) is 4. The number of anilines is 1. The predicted octanol–water partition coefficient (Wildman–Crippen LogP) is 3.62. The van der Waals surface area contributed by atoms with E-state index in [4.69, 9.17) is 0 Å². The molecule has 0 aliphatic rings. The van der Waals surface area contributed by atoms with Gasteiger partial charge in [-0.3, -0.25) is 9.59 Å². The van der Waals surface area contributed by atoms with Crippen molar-refractivity contribution in [1.82, 2.24) is 14.8 Å². The number of nitriles is 1. The first kappa shape index (κ1) is 21.4. The van der Waals surface area contributed by atoms with Gasteiger partial charge in [-0.2, -0.15) is 10.4 Å². The van der Waals surface area contributed by atoms with Gasteiger partial charge in [0.1, 0.15) is 18.2 Å². The van der Waals surface area contributed by atoms with Crippen molar-refractivity contribution in [3.63, 3.8) is 0 Å². The van der Waals surface area contributed by atoms with E-state index in [1.54, 1.807) is 0 Å². The van der Waals surface area contributed by atoms with Crippen LogP contribution < -0.4 is 10.9 Å². The Hall–Kier alpha value is -3.31. The van der Waals surface area contributed by atoms with Gasteiger partial charge in [-0.15, -0.1) is 11.3 Å². The van der Waals surface area contributed by atoms with E-state index in [-0.39, 0.29) is 12.1 Å². The Bertz CT molecular complexity index is 1200. The largest absolute Gasteiger partial charge is 0.300 e. The van der Waals surface area contributed by atoms with Crippen molar-refractivity contribution >= 4 is 22.4 Å². The van der Waals surface area contributed by atoms with Crippen LogP contribution in [0.25, 0.3) is 11.3 Å². The molecule has 0 unspecified atom stereocenters. The van der Waals surface area contributed by atoms with Crippen molar-refractivity contribution in [2.75, 3.05) is 5.32 Å². The van der Waals surface area contributed by atoms with Crippen LogP contribution in [0.1, 0.15) is 41.8 Å². The van der Waals surface area contributed by atoms with E-state index in [0.29, 0.717) is 29.2 Å². The van der Waals surface area contributed by atoms with Crippen LogP contribution in [-0.2, 0) is 24.2 Å². The summed E-state index contributed by atoms with van der Waals surface area (Å²) in [6.45, 7) is 7.60. The highest BCUT2D eigenvalue weighted by Crippen LogP contribution is 2.26. The lowest BCUT2D eigenvalue weighted by Gasteiger charge is -2.11. The van der Waals surface area contributed by atoms with E-state index in [9.17, 15) is 14.9 Å². The molecule has 8 heteroatoms. The number of aromatic nitrogens is 3. The van der Waals surface area contributed by atoms with Crippen LogP contribution in [0.2, 0.25) is 0 Å². The van der Waals surface area contributed by atoms with Gasteiger partial charge < -0.3 is 5.32 Å². The molecule has 1 amide bonds. The molecule has 0 spiro atoms. The Labute approximate surface area is 179 Å². The number of benzene rings is 1. The fourth-order valence-corrected chi connectivity index (χ4v) is 3.94. The minimum atomic E-state index is -0.545. The predicted molar refractivity (Wildman–Crippen MR) is 118 cm³/mol. The fourth-order valence-electron chi connectivity index (χ4n) is 3.20. The van der Waals surface area contributed by atoms with E-state index in [1.165, 1.54) is 22.5 Å². The third-order valence-electron chi connectivity index (χ3n) is 4.99. The van der Waals surface area contributed by atoms with Crippen molar-refractivity contribution in [3.8, 4) is 17.3 Å². The third kappa shape index (κ3) is 4.31. The monoisotopic (exact) mass is 421 g/mol. The molecule has 30 heavy (non-hydrogen) atoms. The summed E-state index contributed by atoms with van der Waals surface area (Å²) < 4.78 is 1.06. The van der Waals surface area contributed by atoms with Gasteiger partial charge in [-0.05, 0) is 49.4 Å². The molecular weight excluding hydrogens is 398 g/mol. The highest BCUT2D eigenvalue weighted by molar-refractivity contribution is 7.14. The number of hydrogen-bond acceptors (Lipinski definition) is 6. The highest BCUT2D eigenvalue weighted by Gasteiger charge is 2.17. The van der Waals surface area contributed by atoms with Gasteiger partial charge in [0, 0.05) is 10.9 Å². The van der Waals surface area contributed by atoms with E-state index in [1.807, 2.05) is 44.4 Å². The lowest BCUT2D eigenvalue weighted by molar-refractivity contribution is -0.117. The number of nitrogens with one attached hydrogen (secondary N) is 1. The minimum absolute atomic E-state index is 0.0587. The second-order valence-corrected chi connectivity index (χ2v) is 7.83. The summed E-state index contributed by atoms with van der Waals surface area (Å²) in [6, 6.07) is 8.06. The summed E-state index contributed by atoms with van der Waals surface area (Å²) in [7, 11) is 0. The maximum Gasteiger partial charge on any atom is 0.285 e. The quantitative estimate of drug-likeness (QED) is 0.655. The van der Waals surface area contributed by atoms with Crippen LogP contribution in [0.3, 0.4) is 0 Å². The zero-order valence-corrected chi connectivity index (χ0v) is 18.3. The number of carbonyl (C=O) groups is 1. The number of carbonyl (C=O) groups excluding carboxylic acids is 1. The van der Waals surface area contributed by atoms with Crippen LogP contribution in [0.4, 0.5) is 5.13 Å². The number of rotatable bonds is 6.